The summed E-state index contributed by atoms with van der Waals surface area (Å²) >= 11 is 0. The van der Waals surface area contributed by atoms with Crippen LogP contribution in [0.25, 0.3) is 0 Å². The van der Waals surface area contributed by atoms with Crippen molar-refractivity contribution in [1.82, 2.24) is 0 Å². The number of carbonyl (C=O) groups is 1. The molecule has 1 amide bonds. The van der Waals surface area contributed by atoms with Crippen LogP contribution in [-0.4, -0.2) is 31.4 Å². The summed E-state index contributed by atoms with van der Waals surface area (Å²) in [6.07, 6.45) is 5.03. The maximum atomic E-state index is 12.3. The summed E-state index contributed by atoms with van der Waals surface area (Å²) in [5.74, 6) is 0.107. The largest absolute Gasteiger partial charge is 0.488 e. The minimum atomic E-state index is -3.42. The Hall–Kier alpha value is -1.56. The zero-order chi connectivity index (χ0) is 16.9. The van der Waals surface area contributed by atoms with Crippen molar-refractivity contribution < 1.29 is 17.9 Å². The van der Waals surface area contributed by atoms with Crippen LogP contribution in [0.5, 0.6) is 5.75 Å². The molecule has 0 heterocycles. The van der Waals surface area contributed by atoms with Gasteiger partial charge < -0.3 is 10.1 Å². The summed E-state index contributed by atoms with van der Waals surface area (Å²) in [5.41, 5.74) is 0.531. The number of ether oxygens (including phenoxy) is 1. The standard InChI is InChI=1S/C17H25NO4S/c1-3-12-23(20,21)13(2)17(19)18-15-10-6-7-11-16(15)22-14-8-4-5-9-14/h6-7,10-11,13-14H,3-5,8-9,12H2,1-2H3,(H,18,19)/t13-/m0/s1. The quantitative estimate of drug-likeness (QED) is 0.828. The van der Waals surface area contributed by atoms with Crippen molar-refractivity contribution in [1.29, 1.82) is 0 Å². The highest BCUT2D eigenvalue weighted by Crippen LogP contribution is 2.30. The van der Waals surface area contributed by atoms with Gasteiger partial charge in [-0.25, -0.2) is 8.42 Å². The molecule has 2 rings (SSSR count). The fourth-order valence-corrected chi connectivity index (χ4v) is 4.02. The van der Waals surface area contributed by atoms with Gasteiger partial charge in [-0.15, -0.1) is 0 Å². The van der Waals surface area contributed by atoms with Crippen LogP contribution in [0.3, 0.4) is 0 Å². The van der Waals surface area contributed by atoms with Gasteiger partial charge in [0.25, 0.3) is 0 Å². The van der Waals surface area contributed by atoms with Gasteiger partial charge in [0.05, 0.1) is 17.5 Å². The Labute approximate surface area is 138 Å². The number of sulfone groups is 1. The van der Waals surface area contributed by atoms with Gasteiger partial charge in [0.15, 0.2) is 9.84 Å². The molecule has 0 unspecified atom stereocenters. The number of para-hydroxylation sites is 2. The fraction of sp³-hybridized carbons (Fsp3) is 0.588. The number of nitrogens with one attached hydrogen (secondary N) is 1. The van der Waals surface area contributed by atoms with Crippen molar-refractivity contribution in [3.8, 4) is 5.75 Å². The van der Waals surface area contributed by atoms with E-state index in [9.17, 15) is 13.2 Å². The lowest BCUT2D eigenvalue weighted by Gasteiger charge is -2.18. The molecule has 1 fully saturated rings. The molecule has 128 valence electrons. The third-order valence-corrected chi connectivity index (χ3v) is 6.41. The van der Waals surface area contributed by atoms with Crippen molar-refractivity contribution >= 4 is 21.4 Å². The van der Waals surface area contributed by atoms with Crippen LogP contribution in [0.2, 0.25) is 0 Å². The highest BCUT2D eigenvalue weighted by Gasteiger charge is 2.28. The summed E-state index contributed by atoms with van der Waals surface area (Å²) in [4.78, 5) is 12.3. The molecule has 1 atom stereocenters. The summed E-state index contributed by atoms with van der Waals surface area (Å²) < 4.78 is 30.0. The van der Waals surface area contributed by atoms with Crippen LogP contribution in [0.15, 0.2) is 24.3 Å². The van der Waals surface area contributed by atoms with E-state index in [-0.39, 0.29) is 11.9 Å². The van der Waals surface area contributed by atoms with Crippen LogP contribution in [0, 0.1) is 0 Å². The highest BCUT2D eigenvalue weighted by atomic mass is 32.2. The fourth-order valence-electron chi connectivity index (χ4n) is 2.72. The monoisotopic (exact) mass is 339 g/mol. The molecule has 23 heavy (non-hydrogen) atoms. The molecule has 1 aromatic rings. The third kappa shape index (κ3) is 4.70. The molecule has 1 aromatic carbocycles. The minimum absolute atomic E-state index is 0.0157. The molecule has 0 aromatic heterocycles. The second-order valence-electron chi connectivity index (χ2n) is 6.02. The van der Waals surface area contributed by atoms with Crippen molar-refractivity contribution in [3.05, 3.63) is 24.3 Å². The van der Waals surface area contributed by atoms with Crippen LogP contribution in [0.1, 0.15) is 46.0 Å². The van der Waals surface area contributed by atoms with Crippen molar-refractivity contribution in [2.24, 2.45) is 0 Å². The molecule has 0 aliphatic heterocycles. The Bertz CT molecular complexity index is 636. The first kappa shape index (κ1) is 17.8. The Morgan fingerprint density at radius 3 is 2.61 bits per heavy atom. The number of anilines is 1. The van der Waals surface area contributed by atoms with Gasteiger partial charge >= 0.3 is 0 Å². The van der Waals surface area contributed by atoms with Gasteiger partial charge in [-0.2, -0.15) is 0 Å². The average molecular weight is 339 g/mol. The van der Waals surface area contributed by atoms with Gasteiger partial charge in [-0.05, 0) is 51.2 Å². The number of benzene rings is 1. The zero-order valence-corrected chi connectivity index (χ0v) is 14.6. The van der Waals surface area contributed by atoms with Crippen LogP contribution in [0.4, 0.5) is 5.69 Å². The van der Waals surface area contributed by atoms with E-state index in [1.165, 1.54) is 6.92 Å². The summed E-state index contributed by atoms with van der Waals surface area (Å²) in [5, 5.41) is 1.64. The molecule has 0 saturated heterocycles. The molecule has 1 saturated carbocycles. The van der Waals surface area contributed by atoms with Crippen LogP contribution in [-0.2, 0) is 14.6 Å². The van der Waals surface area contributed by atoms with Crippen molar-refractivity contribution in [3.63, 3.8) is 0 Å². The molecule has 1 aliphatic carbocycles. The Balaban J connectivity index is 2.08. The van der Waals surface area contributed by atoms with E-state index in [0.717, 1.165) is 25.7 Å². The Kier molecular flexibility index (Phi) is 6.04. The minimum Gasteiger partial charge on any atom is -0.488 e. The summed E-state index contributed by atoms with van der Waals surface area (Å²) in [6.45, 7) is 3.22. The lowest BCUT2D eigenvalue weighted by Crippen LogP contribution is -2.34. The molecule has 6 heteroatoms. The second-order valence-corrected chi connectivity index (χ2v) is 8.46. The lowest BCUT2D eigenvalue weighted by molar-refractivity contribution is -0.115. The first-order valence-corrected chi connectivity index (χ1v) is 9.93. The van der Waals surface area contributed by atoms with E-state index >= 15 is 0 Å². The maximum absolute atomic E-state index is 12.3. The van der Waals surface area contributed by atoms with Gasteiger partial charge in [-0.1, -0.05) is 19.1 Å². The number of rotatable bonds is 7. The number of carbonyl (C=O) groups excluding carboxylic acids is 1. The predicted octanol–water partition coefficient (Wildman–Crippen LogP) is 3.16. The van der Waals surface area contributed by atoms with E-state index in [0.29, 0.717) is 17.9 Å². The van der Waals surface area contributed by atoms with Gasteiger partial charge in [0.2, 0.25) is 5.91 Å². The van der Waals surface area contributed by atoms with Gasteiger partial charge in [0, 0.05) is 0 Å². The molecule has 0 spiro atoms. The van der Waals surface area contributed by atoms with Crippen molar-refractivity contribution in [2.45, 2.75) is 57.3 Å². The van der Waals surface area contributed by atoms with Gasteiger partial charge in [-0.3, -0.25) is 4.79 Å². The molecule has 1 aliphatic rings. The van der Waals surface area contributed by atoms with Crippen LogP contribution < -0.4 is 10.1 Å². The Morgan fingerprint density at radius 1 is 1.30 bits per heavy atom. The van der Waals surface area contributed by atoms with E-state index in [4.69, 9.17) is 4.74 Å². The van der Waals surface area contributed by atoms with Crippen molar-refractivity contribution in [2.75, 3.05) is 11.1 Å². The zero-order valence-electron chi connectivity index (χ0n) is 13.7. The molecule has 5 nitrogen and oxygen atoms in total. The van der Waals surface area contributed by atoms with E-state index in [2.05, 4.69) is 5.32 Å². The molecule has 0 bridgehead atoms. The highest BCUT2D eigenvalue weighted by molar-refractivity contribution is 7.92. The summed E-state index contributed by atoms with van der Waals surface area (Å²) in [7, 11) is -3.42. The normalized spacial score (nSPS) is 17.0. The lowest BCUT2D eigenvalue weighted by atomic mass is 10.2. The Morgan fingerprint density at radius 2 is 1.96 bits per heavy atom. The van der Waals surface area contributed by atoms with E-state index < -0.39 is 21.0 Å². The predicted molar refractivity (Wildman–Crippen MR) is 91.5 cm³/mol. The topological polar surface area (TPSA) is 72.5 Å². The first-order chi connectivity index (χ1) is 10.9. The van der Waals surface area contributed by atoms with Gasteiger partial charge in [0.1, 0.15) is 11.0 Å². The third-order valence-electron chi connectivity index (χ3n) is 4.14. The molecule has 0 radical (unpaired) electrons. The number of amides is 1. The van der Waals surface area contributed by atoms with E-state index in [1.807, 2.05) is 6.07 Å². The number of hydrogen-bond donors (Lipinski definition) is 1. The maximum Gasteiger partial charge on any atom is 0.242 e. The second kappa shape index (κ2) is 7.81. The molecule has 1 N–H and O–H groups in total. The van der Waals surface area contributed by atoms with E-state index in [1.54, 1.807) is 25.1 Å². The average Bonchev–Trinajstić information content (AvgIpc) is 3.01. The SMILES string of the molecule is CCCS(=O)(=O)[C@@H](C)C(=O)Nc1ccccc1OC1CCCC1. The molecular formula is C17H25NO4S. The van der Waals surface area contributed by atoms with Crippen LogP contribution >= 0.6 is 0 Å². The molecular weight excluding hydrogens is 314 g/mol. The number of hydrogen-bond acceptors (Lipinski definition) is 4. The smallest absolute Gasteiger partial charge is 0.242 e. The first-order valence-electron chi connectivity index (χ1n) is 8.22. The summed E-state index contributed by atoms with van der Waals surface area (Å²) in [6, 6.07) is 7.18.